The smallest absolute Gasteiger partial charge is 0.362 e. The predicted molar refractivity (Wildman–Crippen MR) is 50.9 cm³/mol. The van der Waals surface area contributed by atoms with Crippen LogP contribution in [0.2, 0.25) is 0 Å². The molecule has 0 aromatic carbocycles. The molecule has 0 spiro atoms. The van der Waals surface area contributed by atoms with Gasteiger partial charge in [-0.1, -0.05) is 0 Å². The van der Waals surface area contributed by atoms with Gasteiger partial charge in [0.1, 0.15) is 13.2 Å². The molecule has 0 bridgehead atoms. The first kappa shape index (κ1) is 13.2. The van der Waals surface area contributed by atoms with E-state index in [-0.39, 0.29) is 5.54 Å². The minimum atomic E-state index is -4.39. The van der Waals surface area contributed by atoms with E-state index in [1.165, 1.54) is 0 Å². The van der Waals surface area contributed by atoms with Crippen molar-refractivity contribution in [1.29, 1.82) is 0 Å². The van der Waals surface area contributed by atoms with Crippen molar-refractivity contribution < 1.29 is 22.7 Å². The summed E-state index contributed by atoms with van der Waals surface area (Å²) in [5.41, 5.74) is -0.376. The third-order valence-electron chi connectivity index (χ3n) is 2.31. The van der Waals surface area contributed by atoms with Crippen molar-refractivity contribution in [1.82, 2.24) is 10.6 Å². The molecule has 7 heteroatoms. The fourth-order valence-electron chi connectivity index (χ4n) is 1.56. The third kappa shape index (κ3) is 4.80. The van der Waals surface area contributed by atoms with Crippen LogP contribution < -0.4 is 10.6 Å². The van der Waals surface area contributed by atoms with E-state index in [1.807, 2.05) is 6.92 Å². The lowest BCUT2D eigenvalue weighted by Gasteiger charge is -2.24. The number of carbonyl (C=O) groups is 1. The number of rotatable bonds is 4. The first-order valence-corrected chi connectivity index (χ1v) is 4.97. The van der Waals surface area contributed by atoms with Crippen LogP contribution in [0.4, 0.5) is 13.2 Å². The van der Waals surface area contributed by atoms with Gasteiger partial charge in [-0.2, -0.15) is 13.2 Å². The maximum atomic E-state index is 11.7. The van der Waals surface area contributed by atoms with Crippen LogP contribution >= 0.6 is 0 Å². The molecule has 1 aliphatic rings. The number of hydrogen-bond acceptors (Lipinski definition) is 3. The Morgan fingerprint density at radius 3 is 2.75 bits per heavy atom. The second-order valence-electron chi connectivity index (χ2n) is 4.14. The Balaban J connectivity index is 2.21. The maximum absolute atomic E-state index is 11.7. The van der Waals surface area contributed by atoms with Gasteiger partial charge in [0.25, 0.3) is 0 Å². The molecule has 1 amide bonds. The summed E-state index contributed by atoms with van der Waals surface area (Å²) in [7, 11) is 0. The molecule has 0 aromatic heterocycles. The number of ether oxygens (including phenoxy) is 1. The van der Waals surface area contributed by atoms with Gasteiger partial charge in [-0.15, -0.1) is 0 Å². The van der Waals surface area contributed by atoms with Crippen molar-refractivity contribution in [2.24, 2.45) is 0 Å². The van der Waals surface area contributed by atoms with E-state index in [9.17, 15) is 18.0 Å². The lowest BCUT2D eigenvalue weighted by Crippen LogP contribution is -2.49. The van der Waals surface area contributed by atoms with Crippen molar-refractivity contribution in [3.63, 3.8) is 0 Å². The topological polar surface area (TPSA) is 50.4 Å². The highest BCUT2D eigenvalue weighted by Gasteiger charge is 2.31. The second kappa shape index (κ2) is 5.01. The van der Waals surface area contributed by atoms with E-state index >= 15 is 0 Å². The molecule has 0 aliphatic carbocycles. The zero-order valence-electron chi connectivity index (χ0n) is 8.99. The quantitative estimate of drug-likeness (QED) is 0.749. The highest BCUT2D eigenvalue weighted by molar-refractivity contribution is 5.78. The van der Waals surface area contributed by atoms with Crippen LogP contribution in [0.15, 0.2) is 0 Å². The van der Waals surface area contributed by atoms with Crippen molar-refractivity contribution in [3.8, 4) is 0 Å². The summed E-state index contributed by atoms with van der Waals surface area (Å²) in [6.45, 7) is 1.30. The SMILES string of the molecule is CC1(NC(=O)COCC(F)(F)F)CCNC1. The molecule has 1 aliphatic heterocycles. The summed E-state index contributed by atoms with van der Waals surface area (Å²) in [4.78, 5) is 11.3. The second-order valence-corrected chi connectivity index (χ2v) is 4.14. The summed E-state index contributed by atoms with van der Waals surface area (Å²) in [6, 6.07) is 0. The van der Waals surface area contributed by atoms with Crippen LogP contribution in [0.1, 0.15) is 13.3 Å². The summed E-state index contributed by atoms with van der Waals surface area (Å²) in [6.07, 6.45) is -3.63. The Morgan fingerprint density at radius 1 is 1.56 bits per heavy atom. The monoisotopic (exact) mass is 240 g/mol. The Hall–Kier alpha value is -0.820. The molecular weight excluding hydrogens is 225 g/mol. The normalized spacial score (nSPS) is 25.8. The Kier molecular flexibility index (Phi) is 4.15. The molecule has 1 atom stereocenters. The van der Waals surface area contributed by atoms with Gasteiger partial charge in [0.15, 0.2) is 0 Å². The van der Waals surface area contributed by atoms with E-state index in [1.54, 1.807) is 0 Å². The number of alkyl halides is 3. The summed E-state index contributed by atoms with van der Waals surface area (Å²) in [5.74, 6) is -0.518. The number of nitrogens with one attached hydrogen (secondary N) is 2. The van der Waals surface area contributed by atoms with Gasteiger partial charge in [-0.25, -0.2) is 0 Å². The largest absolute Gasteiger partial charge is 0.411 e. The van der Waals surface area contributed by atoms with Crippen LogP contribution in [0.5, 0.6) is 0 Å². The van der Waals surface area contributed by atoms with E-state index in [0.29, 0.717) is 6.54 Å². The average molecular weight is 240 g/mol. The Morgan fingerprint density at radius 2 is 2.25 bits per heavy atom. The molecule has 1 saturated heterocycles. The highest BCUT2D eigenvalue weighted by Crippen LogP contribution is 2.15. The molecule has 1 rings (SSSR count). The van der Waals surface area contributed by atoms with Crippen LogP contribution in [0.25, 0.3) is 0 Å². The minimum absolute atomic E-state index is 0.376. The molecule has 94 valence electrons. The van der Waals surface area contributed by atoms with Crippen LogP contribution in [-0.2, 0) is 9.53 Å². The first-order chi connectivity index (χ1) is 7.31. The summed E-state index contributed by atoms with van der Waals surface area (Å²) < 4.78 is 39.4. The van der Waals surface area contributed by atoms with E-state index in [2.05, 4.69) is 15.4 Å². The molecular formula is C9H15F3N2O2. The zero-order valence-corrected chi connectivity index (χ0v) is 8.99. The number of hydrogen-bond donors (Lipinski definition) is 2. The highest BCUT2D eigenvalue weighted by atomic mass is 19.4. The molecule has 1 unspecified atom stereocenters. The number of amides is 1. The fourth-order valence-corrected chi connectivity index (χ4v) is 1.56. The van der Waals surface area contributed by atoms with Gasteiger partial charge < -0.3 is 15.4 Å². The fraction of sp³-hybridized carbons (Fsp3) is 0.889. The lowest BCUT2D eigenvalue weighted by molar-refractivity contribution is -0.175. The van der Waals surface area contributed by atoms with Crippen LogP contribution in [0.3, 0.4) is 0 Å². The van der Waals surface area contributed by atoms with E-state index in [0.717, 1.165) is 13.0 Å². The predicted octanol–water partition coefficient (Wildman–Crippen LogP) is 0.433. The molecule has 2 N–H and O–H groups in total. The molecule has 1 fully saturated rings. The summed E-state index contributed by atoms with van der Waals surface area (Å²) in [5, 5.41) is 5.71. The van der Waals surface area contributed by atoms with Crippen LogP contribution in [-0.4, -0.2) is 43.9 Å². The van der Waals surface area contributed by atoms with Gasteiger partial charge in [-0.05, 0) is 19.9 Å². The average Bonchev–Trinajstić information content (AvgIpc) is 2.49. The van der Waals surface area contributed by atoms with Gasteiger partial charge in [0, 0.05) is 6.54 Å². The summed E-state index contributed by atoms with van der Waals surface area (Å²) >= 11 is 0. The molecule has 16 heavy (non-hydrogen) atoms. The van der Waals surface area contributed by atoms with Crippen molar-refractivity contribution in [3.05, 3.63) is 0 Å². The van der Waals surface area contributed by atoms with Gasteiger partial charge in [0.2, 0.25) is 5.91 Å². The number of carbonyl (C=O) groups excluding carboxylic acids is 1. The zero-order chi connectivity index (χ0) is 12.2. The molecule has 0 saturated carbocycles. The molecule has 1 heterocycles. The molecule has 0 aromatic rings. The van der Waals surface area contributed by atoms with E-state index < -0.39 is 25.3 Å². The van der Waals surface area contributed by atoms with Gasteiger partial charge in [-0.3, -0.25) is 4.79 Å². The van der Waals surface area contributed by atoms with Gasteiger partial charge in [0.05, 0.1) is 5.54 Å². The maximum Gasteiger partial charge on any atom is 0.411 e. The Bertz CT molecular complexity index is 250. The minimum Gasteiger partial charge on any atom is -0.362 e. The van der Waals surface area contributed by atoms with Crippen molar-refractivity contribution >= 4 is 5.91 Å². The first-order valence-electron chi connectivity index (χ1n) is 4.97. The third-order valence-corrected chi connectivity index (χ3v) is 2.31. The molecule has 4 nitrogen and oxygen atoms in total. The van der Waals surface area contributed by atoms with Crippen molar-refractivity contribution in [2.75, 3.05) is 26.3 Å². The van der Waals surface area contributed by atoms with Crippen molar-refractivity contribution in [2.45, 2.75) is 25.1 Å². The van der Waals surface area contributed by atoms with Crippen LogP contribution in [0, 0.1) is 0 Å². The Labute approximate surface area is 91.5 Å². The molecule has 0 radical (unpaired) electrons. The lowest BCUT2D eigenvalue weighted by atomic mass is 10.0. The number of halogens is 3. The van der Waals surface area contributed by atoms with E-state index in [4.69, 9.17) is 0 Å². The van der Waals surface area contributed by atoms with Gasteiger partial charge >= 0.3 is 6.18 Å². The standard InChI is InChI=1S/C9H15F3N2O2/c1-8(2-3-13-5-8)14-7(15)4-16-6-9(10,11)12/h13H,2-6H2,1H3,(H,14,15).